The van der Waals surface area contributed by atoms with Crippen molar-refractivity contribution >= 4 is 23.7 Å². The summed E-state index contributed by atoms with van der Waals surface area (Å²) < 4.78 is 5.15. The molecule has 140 valence electrons. The van der Waals surface area contributed by atoms with E-state index in [1.807, 2.05) is 45.0 Å². The molecule has 0 atom stereocenters. The highest BCUT2D eigenvalue weighted by Crippen LogP contribution is 2.16. The minimum absolute atomic E-state index is 0.0155. The number of aryl methyl sites for hydroxylation is 3. The van der Waals surface area contributed by atoms with E-state index < -0.39 is 18.5 Å². The van der Waals surface area contributed by atoms with Crippen molar-refractivity contribution < 1.29 is 19.1 Å². The van der Waals surface area contributed by atoms with Crippen LogP contribution in [0.15, 0.2) is 48.2 Å². The van der Waals surface area contributed by atoms with Crippen molar-refractivity contribution in [2.75, 3.05) is 6.61 Å². The average molecular weight is 365 g/mol. The molecule has 5 nitrogen and oxygen atoms in total. The first-order chi connectivity index (χ1) is 12.8. The van der Waals surface area contributed by atoms with Gasteiger partial charge < -0.3 is 10.1 Å². The average Bonchev–Trinajstić information content (AvgIpc) is 2.62. The molecule has 2 rings (SSSR count). The Morgan fingerprint density at radius 3 is 2.22 bits per heavy atom. The van der Waals surface area contributed by atoms with Gasteiger partial charge in [0.25, 0.3) is 0 Å². The van der Waals surface area contributed by atoms with Crippen LogP contribution in [0.4, 0.5) is 0 Å². The Morgan fingerprint density at radius 2 is 1.59 bits per heavy atom. The number of hydrogen-bond donors (Lipinski definition) is 1. The summed E-state index contributed by atoms with van der Waals surface area (Å²) in [5.41, 5.74) is 4.17. The molecule has 0 saturated heterocycles. The fourth-order valence-electron chi connectivity index (χ4n) is 2.60. The van der Waals surface area contributed by atoms with E-state index in [1.54, 1.807) is 18.2 Å². The zero-order valence-electron chi connectivity index (χ0n) is 16.0. The third-order valence-electron chi connectivity index (χ3n) is 4.12. The highest BCUT2D eigenvalue weighted by atomic mass is 16.5. The topological polar surface area (TPSA) is 72.5 Å². The fraction of sp³-hybridized carbons (Fsp3) is 0.227. The van der Waals surface area contributed by atoms with Crippen LogP contribution in [0, 0.1) is 20.8 Å². The van der Waals surface area contributed by atoms with Gasteiger partial charge in [0.2, 0.25) is 11.7 Å². The van der Waals surface area contributed by atoms with Crippen molar-refractivity contribution in [1.29, 1.82) is 0 Å². The smallest absolute Gasteiger partial charge is 0.355 e. The Hall–Kier alpha value is -3.21. The number of carbonyl (C=O) groups excluding carboxylic acids is 3. The minimum Gasteiger partial charge on any atom is -0.453 e. The summed E-state index contributed by atoms with van der Waals surface area (Å²) in [5.74, 6) is -1.44. The van der Waals surface area contributed by atoms with Gasteiger partial charge in [0.1, 0.15) is 5.70 Å². The Bertz CT molecular complexity index is 898. The molecule has 1 amide bonds. The second-order valence-electron chi connectivity index (χ2n) is 6.40. The van der Waals surface area contributed by atoms with Gasteiger partial charge >= 0.3 is 5.97 Å². The first-order valence-electron chi connectivity index (χ1n) is 8.60. The van der Waals surface area contributed by atoms with Crippen molar-refractivity contribution in [1.82, 2.24) is 5.32 Å². The van der Waals surface area contributed by atoms with Crippen molar-refractivity contribution in [2.45, 2.75) is 27.7 Å². The summed E-state index contributed by atoms with van der Waals surface area (Å²) in [6.07, 6.45) is 1.51. The molecule has 0 heterocycles. The summed E-state index contributed by atoms with van der Waals surface area (Å²) >= 11 is 0. The van der Waals surface area contributed by atoms with Crippen LogP contribution < -0.4 is 5.32 Å². The molecule has 0 aliphatic rings. The molecule has 0 aromatic heterocycles. The molecule has 5 heteroatoms. The van der Waals surface area contributed by atoms with Gasteiger partial charge in [0.15, 0.2) is 6.61 Å². The number of rotatable bonds is 6. The lowest BCUT2D eigenvalue weighted by atomic mass is 9.98. The van der Waals surface area contributed by atoms with E-state index in [9.17, 15) is 14.4 Å². The standard InChI is InChI=1S/C22H23NO4/c1-14-10-16(3)19(11-15(14)2)21(25)13-27-22(26)20(23-17(4)24)12-18-8-6-5-7-9-18/h5-12H,13H2,1-4H3,(H,23,24). The maximum Gasteiger partial charge on any atom is 0.355 e. The predicted molar refractivity (Wildman–Crippen MR) is 104 cm³/mol. The minimum atomic E-state index is -0.760. The van der Waals surface area contributed by atoms with Gasteiger partial charge in [-0.05, 0) is 55.2 Å². The summed E-state index contributed by atoms with van der Waals surface area (Å²) in [6.45, 7) is 6.66. The predicted octanol–water partition coefficient (Wildman–Crippen LogP) is 3.51. The van der Waals surface area contributed by atoms with Gasteiger partial charge in [-0.1, -0.05) is 36.4 Å². The summed E-state index contributed by atoms with van der Waals surface area (Å²) in [5, 5.41) is 2.46. The highest BCUT2D eigenvalue weighted by Gasteiger charge is 2.17. The Kier molecular flexibility index (Phi) is 6.66. The lowest BCUT2D eigenvalue weighted by Gasteiger charge is -2.11. The number of nitrogens with one attached hydrogen (secondary N) is 1. The van der Waals surface area contributed by atoms with E-state index in [1.165, 1.54) is 13.0 Å². The first kappa shape index (κ1) is 20.1. The van der Waals surface area contributed by atoms with Crippen LogP contribution >= 0.6 is 0 Å². The molecule has 2 aromatic rings. The summed E-state index contributed by atoms with van der Waals surface area (Å²) in [6, 6.07) is 12.8. The molecule has 2 aromatic carbocycles. The van der Waals surface area contributed by atoms with E-state index in [4.69, 9.17) is 4.74 Å². The van der Waals surface area contributed by atoms with Crippen molar-refractivity contribution in [2.24, 2.45) is 0 Å². The molecular formula is C22H23NO4. The van der Waals surface area contributed by atoms with Gasteiger partial charge in [-0.2, -0.15) is 0 Å². The SMILES string of the molecule is CC(=O)NC(=Cc1ccccc1)C(=O)OCC(=O)c1cc(C)c(C)cc1C. The van der Waals surface area contributed by atoms with E-state index in [2.05, 4.69) is 5.32 Å². The fourth-order valence-corrected chi connectivity index (χ4v) is 2.60. The molecule has 0 bridgehead atoms. The van der Waals surface area contributed by atoms with Crippen molar-refractivity contribution in [3.63, 3.8) is 0 Å². The summed E-state index contributed by atoms with van der Waals surface area (Å²) in [4.78, 5) is 36.2. The second kappa shape index (κ2) is 8.94. The molecule has 1 N–H and O–H groups in total. The molecule has 0 fully saturated rings. The number of hydrogen-bond acceptors (Lipinski definition) is 4. The molecule has 0 spiro atoms. The molecule has 27 heavy (non-hydrogen) atoms. The van der Waals surface area contributed by atoms with Crippen LogP contribution in [0.1, 0.15) is 39.5 Å². The molecule has 0 unspecified atom stereocenters. The van der Waals surface area contributed by atoms with Crippen LogP contribution in [0.25, 0.3) is 6.08 Å². The lowest BCUT2D eigenvalue weighted by molar-refractivity contribution is -0.139. The molecule has 0 aliphatic heterocycles. The van der Waals surface area contributed by atoms with Crippen LogP contribution in [0.2, 0.25) is 0 Å². The Balaban J connectivity index is 2.13. The third-order valence-corrected chi connectivity index (χ3v) is 4.12. The number of benzene rings is 2. The van der Waals surface area contributed by atoms with Gasteiger partial charge in [-0.3, -0.25) is 9.59 Å². The zero-order valence-corrected chi connectivity index (χ0v) is 16.0. The van der Waals surface area contributed by atoms with Crippen LogP contribution in [0.5, 0.6) is 0 Å². The Morgan fingerprint density at radius 1 is 0.963 bits per heavy atom. The quantitative estimate of drug-likeness (QED) is 0.483. The third kappa shape index (κ3) is 5.64. The normalized spacial score (nSPS) is 11.0. The maximum absolute atomic E-state index is 12.5. The van der Waals surface area contributed by atoms with Crippen LogP contribution in [0.3, 0.4) is 0 Å². The van der Waals surface area contributed by atoms with E-state index in [0.717, 1.165) is 22.3 Å². The molecule has 0 radical (unpaired) electrons. The van der Waals surface area contributed by atoms with E-state index >= 15 is 0 Å². The van der Waals surface area contributed by atoms with Crippen LogP contribution in [-0.4, -0.2) is 24.3 Å². The number of ether oxygens (including phenoxy) is 1. The maximum atomic E-state index is 12.5. The number of Topliss-reactive ketones (excluding diaryl/α,β-unsaturated/α-hetero) is 1. The molecule has 0 saturated carbocycles. The van der Waals surface area contributed by atoms with Gasteiger partial charge in [0, 0.05) is 12.5 Å². The van der Waals surface area contributed by atoms with E-state index in [-0.39, 0.29) is 11.5 Å². The Labute approximate surface area is 159 Å². The van der Waals surface area contributed by atoms with Gasteiger partial charge in [-0.25, -0.2) is 4.79 Å². The number of ketones is 1. The number of esters is 1. The molecular weight excluding hydrogens is 342 g/mol. The monoisotopic (exact) mass is 365 g/mol. The van der Waals surface area contributed by atoms with Gasteiger partial charge in [0.05, 0.1) is 0 Å². The summed E-state index contributed by atoms with van der Waals surface area (Å²) in [7, 11) is 0. The number of carbonyl (C=O) groups is 3. The molecule has 0 aliphatic carbocycles. The highest BCUT2D eigenvalue weighted by molar-refractivity contribution is 6.02. The first-order valence-corrected chi connectivity index (χ1v) is 8.60. The van der Waals surface area contributed by atoms with Gasteiger partial charge in [-0.15, -0.1) is 0 Å². The van der Waals surface area contributed by atoms with E-state index in [0.29, 0.717) is 5.56 Å². The second-order valence-corrected chi connectivity index (χ2v) is 6.40. The lowest BCUT2D eigenvalue weighted by Crippen LogP contribution is -2.27. The van der Waals surface area contributed by atoms with Crippen molar-refractivity contribution in [3.05, 3.63) is 76.0 Å². The number of amides is 1. The van der Waals surface area contributed by atoms with Crippen molar-refractivity contribution in [3.8, 4) is 0 Å². The van der Waals surface area contributed by atoms with Crippen LogP contribution in [-0.2, 0) is 14.3 Å². The largest absolute Gasteiger partial charge is 0.453 e. The zero-order chi connectivity index (χ0) is 20.0.